The molecule has 0 radical (unpaired) electrons. The zero-order chi connectivity index (χ0) is 43.4. The Kier molecular flexibility index (Phi) is 13.2. The van der Waals surface area contributed by atoms with Crippen LogP contribution in [0.5, 0.6) is 5.75 Å². The molecule has 3 N–H and O–H groups in total. The largest absolute Gasteiger partial charge is 0.497 e. The molecule has 1 fully saturated rings. The lowest BCUT2D eigenvalue weighted by atomic mass is 9.99. The summed E-state index contributed by atoms with van der Waals surface area (Å²) < 4.78 is 58.0. The van der Waals surface area contributed by atoms with Crippen molar-refractivity contribution in [2.45, 2.75) is 101 Å². The van der Waals surface area contributed by atoms with Crippen molar-refractivity contribution in [3.8, 4) is 5.75 Å². The molecule has 5 rings (SSSR count). The highest BCUT2D eigenvalue weighted by Gasteiger charge is 2.43. The van der Waals surface area contributed by atoms with Gasteiger partial charge in [0.05, 0.1) is 29.1 Å². The molecule has 0 bridgehead atoms. The highest BCUT2D eigenvalue weighted by molar-refractivity contribution is 7.92. The van der Waals surface area contributed by atoms with Crippen molar-refractivity contribution >= 4 is 56.0 Å². The average Bonchev–Trinajstić information content (AvgIpc) is 3.99. The van der Waals surface area contributed by atoms with Gasteiger partial charge in [-0.15, -0.1) is 5.01 Å². The van der Waals surface area contributed by atoms with Crippen LogP contribution in [0.25, 0.3) is 10.8 Å². The Morgan fingerprint density at radius 3 is 2.17 bits per heavy atom. The summed E-state index contributed by atoms with van der Waals surface area (Å²) in [6.45, 7) is 9.66. The van der Waals surface area contributed by atoms with Crippen molar-refractivity contribution < 1.29 is 51.3 Å². The number of benzene rings is 3. The first-order valence-electron chi connectivity index (χ1n) is 18.9. The highest BCUT2D eigenvalue weighted by Crippen LogP contribution is 2.37. The second-order valence-electron chi connectivity index (χ2n) is 16.1. The Morgan fingerprint density at radius 2 is 1.59 bits per heavy atom. The van der Waals surface area contributed by atoms with E-state index in [0.717, 1.165) is 11.2 Å². The van der Waals surface area contributed by atoms with Gasteiger partial charge in [0.2, 0.25) is 5.91 Å². The molecular formula is C42H50FN5O10S. The fourth-order valence-electron chi connectivity index (χ4n) is 6.30. The predicted octanol–water partition coefficient (Wildman–Crippen LogP) is 7.33. The number of anilines is 2. The number of carbonyl (C=O) groups excluding carboxylic acids is 3. The maximum Gasteiger partial charge on any atom is 0.439 e. The zero-order valence-electron chi connectivity index (χ0n) is 34.3. The van der Waals surface area contributed by atoms with Gasteiger partial charge in [-0.2, -0.15) is 0 Å². The number of sulfone groups is 1. The van der Waals surface area contributed by atoms with Crippen molar-refractivity contribution in [2.75, 3.05) is 24.5 Å². The number of methoxy groups -OCH3 is 1. The van der Waals surface area contributed by atoms with Crippen LogP contribution < -0.4 is 20.4 Å². The summed E-state index contributed by atoms with van der Waals surface area (Å²) in [6.07, 6.45) is 1.06. The Bertz CT molecular complexity index is 2330. The van der Waals surface area contributed by atoms with Crippen molar-refractivity contribution in [1.82, 2.24) is 15.3 Å². The highest BCUT2D eigenvalue weighted by atomic mass is 32.2. The standard InChI is InChI=1S/C42H50FN5O10S/c1-41(2,3)57-39(52)48(40(53)58-42(4,5)6)47(30-12-10-26-23-45-24-34(43)33(26)21-30)37(38(50)51)27-17-25(18-31(20-27)56-8)9-16-36(49)46-29-11-15-35(28(19-29)22-44-7)59(54,55)32-13-14-32/h10-12,15,17-21,23-24,32,37,44H,9,13-14,16,22H2,1-8H3,(H,46,49)(H,50,51). The lowest BCUT2D eigenvalue weighted by molar-refractivity contribution is -0.139. The minimum Gasteiger partial charge on any atom is -0.497 e. The molecule has 1 aliphatic carbocycles. The molecule has 1 saturated carbocycles. The summed E-state index contributed by atoms with van der Waals surface area (Å²) in [5, 5.41) is 18.1. The summed E-state index contributed by atoms with van der Waals surface area (Å²) in [7, 11) is -0.421. The van der Waals surface area contributed by atoms with Gasteiger partial charge in [-0.25, -0.2) is 27.2 Å². The number of carboxylic acids is 1. The van der Waals surface area contributed by atoms with Crippen molar-refractivity contribution in [2.24, 2.45) is 0 Å². The van der Waals surface area contributed by atoms with Crippen LogP contribution in [0.15, 0.2) is 71.9 Å². The summed E-state index contributed by atoms with van der Waals surface area (Å²) in [6, 6.07) is 11.5. The maximum absolute atomic E-state index is 15.2. The number of carbonyl (C=O) groups is 4. The molecular weight excluding hydrogens is 786 g/mol. The van der Waals surface area contributed by atoms with E-state index in [0.29, 0.717) is 40.1 Å². The van der Waals surface area contributed by atoms with E-state index in [4.69, 9.17) is 14.2 Å². The SMILES string of the molecule is CNCc1cc(NC(=O)CCc2cc(OC)cc(C(C(=O)O)N(c3ccc4cncc(F)c4c3)N(C(=O)OC(C)(C)C)C(=O)OC(C)(C)C)c2)ccc1S(=O)(=O)C1CC1. The van der Waals surface area contributed by atoms with Crippen LogP contribution in [-0.4, -0.2) is 78.2 Å². The first-order valence-corrected chi connectivity index (χ1v) is 20.5. The van der Waals surface area contributed by atoms with Crippen molar-refractivity contribution in [3.05, 3.63) is 89.5 Å². The van der Waals surface area contributed by atoms with E-state index in [1.54, 1.807) is 60.7 Å². The number of hydrogen-bond acceptors (Lipinski definition) is 12. The molecule has 59 heavy (non-hydrogen) atoms. The predicted molar refractivity (Wildman–Crippen MR) is 218 cm³/mol. The lowest BCUT2D eigenvalue weighted by Crippen LogP contribution is -2.56. The number of carboxylic acid groups (broad SMARTS) is 1. The second kappa shape index (κ2) is 17.6. The molecule has 3 amide bonds. The Hall–Kier alpha value is -5.81. The van der Waals surface area contributed by atoms with E-state index in [1.807, 2.05) is 0 Å². The molecule has 4 aromatic rings. The molecule has 1 aliphatic rings. The van der Waals surface area contributed by atoms with E-state index in [1.165, 1.54) is 55.8 Å². The monoisotopic (exact) mass is 835 g/mol. The van der Waals surface area contributed by atoms with Crippen LogP contribution in [0.1, 0.15) is 83.5 Å². The number of amides is 3. The number of rotatable bonds is 14. The fraction of sp³-hybridized carbons (Fsp3) is 0.405. The third-order valence-corrected chi connectivity index (χ3v) is 11.3. The minimum absolute atomic E-state index is 0.0174. The number of hydrogen-bond donors (Lipinski definition) is 3. The van der Waals surface area contributed by atoms with Gasteiger partial charge in [0.1, 0.15) is 22.8 Å². The molecule has 316 valence electrons. The topological polar surface area (TPSA) is 194 Å². The van der Waals surface area contributed by atoms with Gasteiger partial charge >= 0.3 is 18.2 Å². The number of imide groups is 1. The first kappa shape index (κ1) is 44.3. The molecule has 3 aromatic carbocycles. The Balaban J connectivity index is 1.55. The van der Waals surface area contributed by atoms with E-state index in [2.05, 4.69) is 15.6 Å². The number of ether oxygens (including phenoxy) is 3. The van der Waals surface area contributed by atoms with Gasteiger partial charge < -0.3 is 30.0 Å². The smallest absolute Gasteiger partial charge is 0.439 e. The molecule has 0 saturated heterocycles. The molecule has 0 spiro atoms. The summed E-state index contributed by atoms with van der Waals surface area (Å²) in [5.41, 5.74) is -1.01. The van der Waals surface area contributed by atoms with Gasteiger partial charge in [-0.1, -0.05) is 12.1 Å². The number of aliphatic carboxylic acids is 1. The minimum atomic E-state index is -3.48. The third-order valence-electron chi connectivity index (χ3n) is 8.95. The zero-order valence-corrected chi connectivity index (χ0v) is 35.1. The fourth-order valence-corrected chi connectivity index (χ4v) is 8.17. The van der Waals surface area contributed by atoms with Gasteiger partial charge in [0.15, 0.2) is 15.9 Å². The van der Waals surface area contributed by atoms with Gasteiger partial charge in [-0.05, 0) is 127 Å². The molecule has 17 heteroatoms. The number of aromatic nitrogens is 1. The Labute approximate surface area is 342 Å². The maximum atomic E-state index is 15.2. The van der Waals surface area contributed by atoms with Gasteiger partial charge in [0.25, 0.3) is 0 Å². The van der Waals surface area contributed by atoms with Gasteiger partial charge in [-0.3, -0.25) is 14.8 Å². The van der Waals surface area contributed by atoms with Crippen LogP contribution in [0.4, 0.5) is 25.4 Å². The van der Waals surface area contributed by atoms with E-state index < -0.39 is 62.2 Å². The molecule has 1 heterocycles. The van der Waals surface area contributed by atoms with E-state index >= 15 is 4.39 Å². The molecule has 1 aromatic heterocycles. The van der Waals surface area contributed by atoms with Crippen LogP contribution in [0.2, 0.25) is 0 Å². The number of aryl methyl sites for hydroxylation is 1. The number of hydrazine groups is 1. The van der Waals surface area contributed by atoms with Crippen molar-refractivity contribution in [1.29, 1.82) is 0 Å². The van der Waals surface area contributed by atoms with E-state index in [9.17, 15) is 32.7 Å². The number of nitrogens with zero attached hydrogens (tertiary/aromatic N) is 3. The average molecular weight is 836 g/mol. The molecule has 15 nitrogen and oxygen atoms in total. The third kappa shape index (κ3) is 11.0. The Morgan fingerprint density at radius 1 is 0.932 bits per heavy atom. The normalized spacial score (nSPS) is 13.6. The quantitative estimate of drug-likeness (QED) is 0.107. The van der Waals surface area contributed by atoms with Gasteiger partial charge in [0, 0.05) is 35.6 Å². The molecule has 1 unspecified atom stereocenters. The van der Waals surface area contributed by atoms with Crippen molar-refractivity contribution in [3.63, 3.8) is 0 Å². The lowest BCUT2D eigenvalue weighted by Gasteiger charge is -2.39. The molecule has 0 aliphatic heterocycles. The number of nitrogens with one attached hydrogen (secondary N) is 2. The number of halogens is 1. The summed E-state index contributed by atoms with van der Waals surface area (Å²) in [4.78, 5) is 59.0. The number of fused-ring (bicyclic) bond motifs is 1. The second-order valence-corrected chi connectivity index (χ2v) is 18.3. The first-order chi connectivity index (χ1) is 27.6. The van der Waals surface area contributed by atoms with Crippen LogP contribution >= 0.6 is 0 Å². The number of pyridine rings is 1. The summed E-state index contributed by atoms with van der Waals surface area (Å²) >= 11 is 0. The van der Waals surface area contributed by atoms with E-state index in [-0.39, 0.29) is 46.7 Å². The van der Waals surface area contributed by atoms with Crippen LogP contribution in [0, 0.1) is 5.82 Å². The molecule has 1 atom stereocenters. The van der Waals surface area contributed by atoms with Crippen LogP contribution in [0.3, 0.4) is 0 Å². The summed E-state index contributed by atoms with van der Waals surface area (Å²) in [5.74, 6) is -2.48. The van der Waals surface area contributed by atoms with Crippen LogP contribution in [-0.2, 0) is 41.9 Å².